The zero-order chi connectivity index (χ0) is 18.5. The number of hydrogen-bond acceptors (Lipinski definition) is 2. The lowest BCUT2D eigenvalue weighted by atomic mass is 10.1. The summed E-state index contributed by atoms with van der Waals surface area (Å²) >= 11 is 12.2. The lowest BCUT2D eigenvalue weighted by molar-refractivity contribution is -0.892. The Morgan fingerprint density at radius 2 is 1.85 bits per heavy atom. The Balaban J connectivity index is 1.48. The summed E-state index contributed by atoms with van der Waals surface area (Å²) < 4.78 is 0. The third-order valence-corrected chi connectivity index (χ3v) is 5.37. The van der Waals surface area contributed by atoms with E-state index in [0.29, 0.717) is 16.6 Å². The number of carbonyl (C=O) groups is 1. The molecule has 0 saturated carbocycles. The molecule has 4 nitrogen and oxygen atoms in total. The van der Waals surface area contributed by atoms with E-state index >= 15 is 0 Å². The Morgan fingerprint density at radius 3 is 2.50 bits per heavy atom. The molecular formula is C20H24Cl2N3O+. The third-order valence-electron chi connectivity index (χ3n) is 4.81. The molecular weight excluding hydrogens is 369 g/mol. The predicted molar refractivity (Wildman–Crippen MR) is 107 cm³/mol. The van der Waals surface area contributed by atoms with Crippen molar-refractivity contribution in [1.29, 1.82) is 0 Å². The molecule has 3 rings (SSSR count). The number of amides is 1. The molecule has 0 bridgehead atoms. The number of piperazine rings is 1. The minimum atomic E-state index is -0.141. The second-order valence-corrected chi connectivity index (χ2v) is 7.55. The molecule has 0 radical (unpaired) electrons. The molecule has 1 aliphatic rings. The van der Waals surface area contributed by atoms with Gasteiger partial charge in [-0.15, -0.1) is 0 Å². The molecule has 1 saturated heterocycles. The van der Waals surface area contributed by atoms with Gasteiger partial charge < -0.3 is 15.1 Å². The lowest BCUT2D eigenvalue weighted by Gasteiger charge is -2.33. The van der Waals surface area contributed by atoms with Crippen LogP contribution in [0.15, 0.2) is 48.5 Å². The highest BCUT2D eigenvalue weighted by atomic mass is 35.5. The van der Waals surface area contributed by atoms with E-state index in [1.165, 1.54) is 10.6 Å². The smallest absolute Gasteiger partial charge is 0.275 e. The van der Waals surface area contributed by atoms with Crippen LogP contribution in [0.1, 0.15) is 18.5 Å². The zero-order valence-electron chi connectivity index (χ0n) is 14.8. The third kappa shape index (κ3) is 4.91. The van der Waals surface area contributed by atoms with Crippen LogP contribution in [0.25, 0.3) is 0 Å². The van der Waals surface area contributed by atoms with E-state index in [4.69, 9.17) is 23.2 Å². The molecule has 2 aromatic carbocycles. The van der Waals surface area contributed by atoms with Crippen molar-refractivity contribution in [3.05, 3.63) is 64.1 Å². The summed E-state index contributed by atoms with van der Waals surface area (Å²) in [6.07, 6.45) is 0. The number of para-hydroxylation sites is 1. The minimum Gasteiger partial charge on any atom is -0.360 e. The van der Waals surface area contributed by atoms with Crippen molar-refractivity contribution < 1.29 is 9.69 Å². The Morgan fingerprint density at radius 1 is 1.15 bits per heavy atom. The van der Waals surface area contributed by atoms with Gasteiger partial charge in [-0.1, -0.05) is 47.5 Å². The van der Waals surface area contributed by atoms with Crippen molar-refractivity contribution in [3.8, 4) is 0 Å². The maximum absolute atomic E-state index is 12.4. The van der Waals surface area contributed by atoms with Crippen LogP contribution < -0.4 is 15.1 Å². The largest absolute Gasteiger partial charge is 0.360 e. The molecule has 0 spiro atoms. The summed E-state index contributed by atoms with van der Waals surface area (Å²) in [6.45, 7) is 6.26. The van der Waals surface area contributed by atoms with Crippen LogP contribution in [-0.4, -0.2) is 38.6 Å². The van der Waals surface area contributed by atoms with Crippen LogP contribution in [0.3, 0.4) is 0 Å². The number of anilines is 1. The van der Waals surface area contributed by atoms with Gasteiger partial charge in [-0.2, -0.15) is 0 Å². The summed E-state index contributed by atoms with van der Waals surface area (Å²) in [6, 6.07) is 15.6. The SMILES string of the molecule is C[C@H](NC(=O)C[NH+]1CCN(c2ccccc2)CC1)c1ccc(Cl)cc1Cl. The number of nitrogens with one attached hydrogen (secondary N) is 2. The highest BCUT2D eigenvalue weighted by molar-refractivity contribution is 6.35. The monoisotopic (exact) mass is 392 g/mol. The standard InChI is InChI=1S/C20H23Cl2N3O/c1-15(18-8-7-16(21)13-19(18)22)23-20(26)14-24-9-11-25(12-10-24)17-5-3-2-4-6-17/h2-8,13,15H,9-12,14H2,1H3,(H,23,26)/p+1/t15-/m0/s1. The number of quaternary nitrogens is 1. The molecule has 1 aliphatic heterocycles. The zero-order valence-corrected chi connectivity index (χ0v) is 16.4. The van der Waals surface area contributed by atoms with Gasteiger partial charge in [-0.3, -0.25) is 4.79 Å². The summed E-state index contributed by atoms with van der Waals surface area (Å²) in [5, 5.41) is 4.22. The molecule has 1 heterocycles. The maximum atomic E-state index is 12.4. The molecule has 0 aliphatic carbocycles. The molecule has 2 N–H and O–H groups in total. The van der Waals surface area contributed by atoms with Gasteiger partial charge in [0, 0.05) is 15.7 Å². The Kier molecular flexibility index (Phi) is 6.41. The maximum Gasteiger partial charge on any atom is 0.275 e. The Labute approximate surface area is 164 Å². The second-order valence-electron chi connectivity index (χ2n) is 6.70. The number of nitrogens with zero attached hydrogens (tertiary/aromatic N) is 1. The number of benzene rings is 2. The molecule has 1 atom stereocenters. The van der Waals surface area contributed by atoms with Gasteiger partial charge in [0.15, 0.2) is 6.54 Å². The molecule has 6 heteroatoms. The van der Waals surface area contributed by atoms with Crippen molar-refractivity contribution in [2.45, 2.75) is 13.0 Å². The number of carbonyl (C=O) groups excluding carboxylic acids is 1. The molecule has 2 aromatic rings. The van der Waals surface area contributed by atoms with E-state index in [-0.39, 0.29) is 11.9 Å². The van der Waals surface area contributed by atoms with E-state index in [9.17, 15) is 4.79 Å². The Hall–Kier alpha value is -1.75. The first-order valence-electron chi connectivity index (χ1n) is 8.91. The molecule has 0 aromatic heterocycles. The van der Waals surface area contributed by atoms with Gasteiger partial charge in [0.05, 0.1) is 32.2 Å². The van der Waals surface area contributed by atoms with Gasteiger partial charge >= 0.3 is 0 Å². The van der Waals surface area contributed by atoms with Crippen LogP contribution in [0, 0.1) is 0 Å². The number of halogens is 2. The first-order chi connectivity index (χ1) is 12.5. The van der Waals surface area contributed by atoms with Crippen LogP contribution in [0.4, 0.5) is 5.69 Å². The Bertz CT molecular complexity index is 746. The molecule has 1 amide bonds. The van der Waals surface area contributed by atoms with Crippen LogP contribution >= 0.6 is 23.2 Å². The van der Waals surface area contributed by atoms with Gasteiger partial charge in [-0.05, 0) is 36.8 Å². The topological polar surface area (TPSA) is 36.8 Å². The van der Waals surface area contributed by atoms with E-state index in [1.54, 1.807) is 12.1 Å². The number of hydrogen-bond donors (Lipinski definition) is 2. The van der Waals surface area contributed by atoms with Crippen molar-refractivity contribution in [2.75, 3.05) is 37.6 Å². The highest BCUT2D eigenvalue weighted by Gasteiger charge is 2.23. The van der Waals surface area contributed by atoms with Gasteiger partial charge in [0.1, 0.15) is 0 Å². The fourth-order valence-corrected chi connectivity index (χ4v) is 3.92. The summed E-state index contributed by atoms with van der Waals surface area (Å²) in [7, 11) is 0. The van der Waals surface area contributed by atoms with E-state index in [2.05, 4.69) is 34.5 Å². The molecule has 0 unspecified atom stereocenters. The quantitative estimate of drug-likeness (QED) is 0.820. The molecule has 26 heavy (non-hydrogen) atoms. The minimum absolute atomic E-state index is 0.0478. The number of rotatable bonds is 5. The lowest BCUT2D eigenvalue weighted by Crippen LogP contribution is -3.15. The van der Waals surface area contributed by atoms with Gasteiger partial charge in [0.25, 0.3) is 5.91 Å². The summed E-state index contributed by atoms with van der Waals surface area (Å²) in [5.74, 6) is 0.0478. The highest BCUT2D eigenvalue weighted by Crippen LogP contribution is 2.25. The molecule has 138 valence electrons. The predicted octanol–water partition coefficient (Wildman–Crippen LogP) is 2.58. The average molecular weight is 393 g/mol. The normalized spacial score (nSPS) is 16.3. The van der Waals surface area contributed by atoms with Crippen molar-refractivity contribution >= 4 is 34.8 Å². The van der Waals surface area contributed by atoms with E-state index in [0.717, 1.165) is 31.7 Å². The van der Waals surface area contributed by atoms with Crippen LogP contribution in [0.2, 0.25) is 10.0 Å². The summed E-state index contributed by atoms with van der Waals surface area (Å²) in [5.41, 5.74) is 2.13. The van der Waals surface area contributed by atoms with Crippen LogP contribution in [-0.2, 0) is 4.79 Å². The first-order valence-corrected chi connectivity index (χ1v) is 9.66. The second kappa shape index (κ2) is 8.76. The van der Waals surface area contributed by atoms with Crippen molar-refractivity contribution in [1.82, 2.24) is 5.32 Å². The average Bonchev–Trinajstić information content (AvgIpc) is 2.63. The first kappa shape index (κ1) is 19.0. The van der Waals surface area contributed by atoms with Gasteiger partial charge in [0.2, 0.25) is 0 Å². The fourth-order valence-electron chi connectivity index (χ4n) is 3.35. The van der Waals surface area contributed by atoms with Crippen molar-refractivity contribution in [2.24, 2.45) is 0 Å². The van der Waals surface area contributed by atoms with E-state index in [1.807, 2.05) is 19.1 Å². The van der Waals surface area contributed by atoms with Crippen LogP contribution in [0.5, 0.6) is 0 Å². The van der Waals surface area contributed by atoms with Gasteiger partial charge in [-0.25, -0.2) is 0 Å². The van der Waals surface area contributed by atoms with Crippen molar-refractivity contribution in [3.63, 3.8) is 0 Å². The molecule has 1 fully saturated rings. The fraction of sp³-hybridized carbons (Fsp3) is 0.350. The van der Waals surface area contributed by atoms with E-state index < -0.39 is 0 Å². The summed E-state index contributed by atoms with van der Waals surface area (Å²) in [4.78, 5) is 16.1.